The summed E-state index contributed by atoms with van der Waals surface area (Å²) in [5, 5.41) is 3.21. The quantitative estimate of drug-likeness (QED) is 0.547. The van der Waals surface area contributed by atoms with Gasteiger partial charge < -0.3 is 10.2 Å². The highest BCUT2D eigenvalue weighted by Gasteiger charge is 2.30. The van der Waals surface area contributed by atoms with Gasteiger partial charge in [0.2, 0.25) is 21.8 Å². The lowest BCUT2D eigenvalue weighted by Gasteiger charge is -2.32. The Hall–Kier alpha value is -2.58. The van der Waals surface area contributed by atoms with Crippen molar-refractivity contribution in [2.24, 2.45) is 5.92 Å². The molecule has 0 fully saturated rings. The number of hydrogen-bond donors (Lipinski definition) is 1. The monoisotopic (exact) mass is 493 g/mol. The van der Waals surface area contributed by atoms with Crippen LogP contribution >= 0.6 is 11.6 Å². The first-order valence-electron chi connectivity index (χ1n) is 10.7. The van der Waals surface area contributed by atoms with Crippen molar-refractivity contribution in [3.8, 4) is 0 Å². The van der Waals surface area contributed by atoms with Gasteiger partial charge in [-0.25, -0.2) is 8.42 Å². The Labute approximate surface area is 201 Å². The molecule has 0 heterocycles. The number of sulfonamides is 1. The van der Waals surface area contributed by atoms with Gasteiger partial charge in [-0.2, -0.15) is 0 Å². The van der Waals surface area contributed by atoms with Crippen molar-refractivity contribution in [2.45, 2.75) is 40.3 Å². The number of anilines is 1. The van der Waals surface area contributed by atoms with E-state index >= 15 is 0 Å². The van der Waals surface area contributed by atoms with E-state index in [9.17, 15) is 18.0 Å². The Morgan fingerprint density at radius 1 is 1.06 bits per heavy atom. The van der Waals surface area contributed by atoms with E-state index in [-0.39, 0.29) is 24.1 Å². The van der Waals surface area contributed by atoms with E-state index in [2.05, 4.69) is 5.32 Å². The van der Waals surface area contributed by atoms with Crippen LogP contribution in [0.2, 0.25) is 5.02 Å². The molecule has 0 saturated carbocycles. The average Bonchev–Trinajstić information content (AvgIpc) is 2.73. The van der Waals surface area contributed by atoms with Gasteiger partial charge in [0, 0.05) is 18.1 Å². The molecule has 7 nitrogen and oxygen atoms in total. The van der Waals surface area contributed by atoms with Crippen molar-refractivity contribution >= 4 is 39.1 Å². The zero-order valence-electron chi connectivity index (χ0n) is 19.7. The van der Waals surface area contributed by atoms with Crippen molar-refractivity contribution in [2.75, 3.05) is 23.7 Å². The normalized spacial score (nSPS) is 12.3. The van der Waals surface area contributed by atoms with Crippen LogP contribution in [0.4, 0.5) is 5.69 Å². The van der Waals surface area contributed by atoms with Gasteiger partial charge in [-0.1, -0.05) is 55.8 Å². The Morgan fingerprint density at radius 3 is 2.30 bits per heavy atom. The predicted octanol–water partition coefficient (Wildman–Crippen LogP) is 3.60. The van der Waals surface area contributed by atoms with E-state index in [0.29, 0.717) is 11.6 Å². The van der Waals surface area contributed by atoms with Crippen LogP contribution in [0.5, 0.6) is 0 Å². The van der Waals surface area contributed by atoms with Crippen molar-refractivity contribution < 1.29 is 18.0 Å². The SMILES string of the molecule is Cc1ccccc1CN(C(=O)CN(c1cccc(Cl)c1)S(C)(=O)=O)[C@H](C)C(=O)NCC(C)C. The molecule has 0 spiro atoms. The molecule has 2 aromatic carbocycles. The fourth-order valence-electron chi connectivity index (χ4n) is 3.25. The highest BCUT2D eigenvalue weighted by molar-refractivity contribution is 7.92. The van der Waals surface area contributed by atoms with E-state index < -0.39 is 28.5 Å². The standard InChI is InChI=1S/C24H32ClN3O4S/c1-17(2)14-26-24(30)19(4)27(15-20-10-7-6-9-18(20)3)23(29)16-28(33(5,31)32)22-12-8-11-21(25)13-22/h6-13,17,19H,14-16H2,1-5H3,(H,26,30)/t19-/m1/s1. The van der Waals surface area contributed by atoms with Gasteiger partial charge in [0.25, 0.3) is 0 Å². The van der Waals surface area contributed by atoms with E-state index in [1.54, 1.807) is 25.1 Å². The van der Waals surface area contributed by atoms with Crippen LogP contribution in [-0.2, 0) is 26.2 Å². The molecule has 2 rings (SSSR count). The molecule has 180 valence electrons. The van der Waals surface area contributed by atoms with Crippen LogP contribution in [0.1, 0.15) is 31.9 Å². The molecule has 1 atom stereocenters. The van der Waals surface area contributed by atoms with E-state index in [1.807, 2.05) is 45.0 Å². The molecule has 0 aromatic heterocycles. The van der Waals surface area contributed by atoms with Gasteiger partial charge in [-0.3, -0.25) is 13.9 Å². The molecule has 0 unspecified atom stereocenters. The van der Waals surface area contributed by atoms with Gasteiger partial charge in [0.15, 0.2) is 0 Å². The van der Waals surface area contributed by atoms with E-state index in [1.165, 1.54) is 11.0 Å². The Kier molecular flexibility index (Phi) is 9.31. The fourth-order valence-corrected chi connectivity index (χ4v) is 4.28. The number of nitrogens with one attached hydrogen (secondary N) is 1. The lowest BCUT2D eigenvalue weighted by atomic mass is 10.1. The van der Waals surface area contributed by atoms with Crippen LogP contribution < -0.4 is 9.62 Å². The summed E-state index contributed by atoms with van der Waals surface area (Å²) in [7, 11) is -3.79. The predicted molar refractivity (Wildman–Crippen MR) is 133 cm³/mol. The molecule has 0 aliphatic rings. The fraction of sp³-hybridized carbons (Fsp3) is 0.417. The number of benzene rings is 2. The Morgan fingerprint density at radius 2 is 1.73 bits per heavy atom. The highest BCUT2D eigenvalue weighted by Crippen LogP contribution is 2.23. The Balaban J connectivity index is 2.38. The van der Waals surface area contributed by atoms with Crippen LogP contribution in [0, 0.1) is 12.8 Å². The molecule has 0 radical (unpaired) electrons. The number of amides is 2. The molecule has 0 aliphatic heterocycles. The smallest absolute Gasteiger partial charge is 0.244 e. The molecular formula is C24H32ClN3O4S. The first-order valence-corrected chi connectivity index (χ1v) is 13.0. The van der Waals surface area contributed by atoms with Crippen molar-refractivity contribution in [3.05, 3.63) is 64.7 Å². The van der Waals surface area contributed by atoms with Gasteiger partial charge in [-0.15, -0.1) is 0 Å². The minimum absolute atomic E-state index is 0.176. The summed E-state index contributed by atoms with van der Waals surface area (Å²) >= 11 is 6.05. The van der Waals surface area contributed by atoms with Gasteiger partial charge in [0.1, 0.15) is 12.6 Å². The van der Waals surface area contributed by atoms with Crippen LogP contribution in [0.3, 0.4) is 0 Å². The maximum atomic E-state index is 13.5. The number of rotatable bonds is 10. The van der Waals surface area contributed by atoms with E-state index in [4.69, 9.17) is 11.6 Å². The lowest BCUT2D eigenvalue weighted by Crippen LogP contribution is -2.51. The topological polar surface area (TPSA) is 86.8 Å². The maximum absolute atomic E-state index is 13.5. The van der Waals surface area contributed by atoms with Gasteiger partial charge in [0.05, 0.1) is 11.9 Å². The van der Waals surface area contributed by atoms with Crippen molar-refractivity contribution in [1.82, 2.24) is 10.2 Å². The van der Waals surface area contributed by atoms with Crippen LogP contribution in [-0.4, -0.2) is 50.5 Å². The van der Waals surface area contributed by atoms with Crippen molar-refractivity contribution in [1.29, 1.82) is 0 Å². The summed E-state index contributed by atoms with van der Waals surface area (Å²) in [4.78, 5) is 27.7. The number of hydrogen-bond acceptors (Lipinski definition) is 4. The maximum Gasteiger partial charge on any atom is 0.244 e. The molecular weight excluding hydrogens is 462 g/mol. The molecule has 33 heavy (non-hydrogen) atoms. The number of carbonyl (C=O) groups is 2. The average molecular weight is 494 g/mol. The summed E-state index contributed by atoms with van der Waals surface area (Å²) in [5.74, 6) is -0.527. The summed E-state index contributed by atoms with van der Waals surface area (Å²) in [5.41, 5.74) is 2.13. The first-order chi connectivity index (χ1) is 15.4. The summed E-state index contributed by atoms with van der Waals surface area (Å²) < 4.78 is 26.1. The highest BCUT2D eigenvalue weighted by atomic mass is 35.5. The molecule has 9 heteroatoms. The second kappa shape index (κ2) is 11.5. The third kappa shape index (κ3) is 7.75. The minimum atomic E-state index is -3.79. The molecule has 1 N–H and O–H groups in total. The number of nitrogens with zero attached hydrogens (tertiary/aromatic N) is 2. The largest absolute Gasteiger partial charge is 0.354 e. The minimum Gasteiger partial charge on any atom is -0.354 e. The second-order valence-electron chi connectivity index (χ2n) is 8.51. The first kappa shape index (κ1) is 26.7. The summed E-state index contributed by atoms with van der Waals surface area (Å²) in [6.07, 6.45) is 1.03. The molecule has 2 aromatic rings. The number of carbonyl (C=O) groups excluding carboxylic acids is 2. The third-order valence-corrected chi connectivity index (χ3v) is 6.60. The van der Waals surface area contributed by atoms with E-state index in [0.717, 1.165) is 21.7 Å². The number of aryl methyl sites for hydroxylation is 1. The lowest BCUT2D eigenvalue weighted by molar-refractivity contribution is -0.139. The number of halogens is 1. The van der Waals surface area contributed by atoms with Gasteiger partial charge >= 0.3 is 0 Å². The molecule has 0 aliphatic carbocycles. The van der Waals surface area contributed by atoms with Crippen LogP contribution in [0.25, 0.3) is 0 Å². The zero-order chi connectivity index (χ0) is 24.8. The zero-order valence-corrected chi connectivity index (χ0v) is 21.3. The van der Waals surface area contributed by atoms with Crippen LogP contribution in [0.15, 0.2) is 48.5 Å². The summed E-state index contributed by atoms with van der Waals surface area (Å²) in [6, 6.07) is 13.1. The molecule has 0 saturated heterocycles. The molecule has 0 bridgehead atoms. The van der Waals surface area contributed by atoms with Gasteiger partial charge in [-0.05, 0) is 49.1 Å². The summed E-state index contributed by atoms with van der Waals surface area (Å²) in [6.45, 7) is 7.74. The second-order valence-corrected chi connectivity index (χ2v) is 10.9. The van der Waals surface area contributed by atoms with Crippen molar-refractivity contribution in [3.63, 3.8) is 0 Å². The molecule has 2 amide bonds. The Bertz CT molecular complexity index is 1090. The third-order valence-electron chi connectivity index (χ3n) is 5.23.